The highest BCUT2D eigenvalue weighted by Crippen LogP contribution is 2.34. The number of amides is 1. The smallest absolute Gasteiger partial charge is 0.307 e. The van der Waals surface area contributed by atoms with Crippen molar-refractivity contribution >= 4 is 29.3 Å². The number of aliphatic carboxylic acids is 1. The van der Waals surface area contributed by atoms with E-state index in [2.05, 4.69) is 6.92 Å². The van der Waals surface area contributed by atoms with Crippen LogP contribution in [0.1, 0.15) is 13.3 Å². The lowest BCUT2D eigenvalue weighted by atomic mass is 9.90. The molecule has 3 rings (SSSR count). The fraction of sp³-hybridized carbons (Fsp3) is 0.529. The van der Waals surface area contributed by atoms with Crippen molar-refractivity contribution in [3.63, 3.8) is 0 Å². The van der Waals surface area contributed by atoms with Gasteiger partial charge in [0.2, 0.25) is 5.91 Å². The first-order chi connectivity index (χ1) is 11.0. The highest BCUT2D eigenvalue weighted by molar-refractivity contribution is 7.99. The number of thioether (sulfide) groups is 1. The van der Waals surface area contributed by atoms with E-state index in [9.17, 15) is 14.7 Å². The van der Waals surface area contributed by atoms with E-state index in [1.165, 1.54) is 0 Å². The van der Waals surface area contributed by atoms with Gasteiger partial charge < -0.3 is 10.0 Å². The Labute approximate surface area is 140 Å². The lowest BCUT2D eigenvalue weighted by Crippen LogP contribution is -2.48. The van der Waals surface area contributed by atoms with Crippen molar-refractivity contribution in [2.24, 2.45) is 11.8 Å². The molecule has 23 heavy (non-hydrogen) atoms. The Morgan fingerprint density at radius 1 is 1.30 bits per heavy atom. The van der Waals surface area contributed by atoms with Crippen molar-refractivity contribution in [3.05, 3.63) is 24.3 Å². The fourth-order valence-corrected chi connectivity index (χ4v) is 4.47. The van der Waals surface area contributed by atoms with Gasteiger partial charge in [-0.2, -0.15) is 0 Å². The van der Waals surface area contributed by atoms with E-state index in [-0.39, 0.29) is 11.8 Å². The van der Waals surface area contributed by atoms with Crippen molar-refractivity contribution in [2.75, 3.05) is 36.8 Å². The highest BCUT2D eigenvalue weighted by Gasteiger charge is 2.32. The molecule has 1 amide bonds. The van der Waals surface area contributed by atoms with Crippen LogP contribution in [0.15, 0.2) is 29.2 Å². The molecule has 6 heteroatoms. The number of carbonyl (C=O) groups excluding carboxylic acids is 1. The number of para-hydroxylation sites is 1. The molecule has 1 aromatic rings. The van der Waals surface area contributed by atoms with Crippen LogP contribution >= 0.6 is 11.8 Å². The molecule has 2 aliphatic rings. The third-order valence-corrected chi connectivity index (χ3v) is 5.52. The predicted octanol–water partition coefficient (Wildman–Crippen LogP) is 2.17. The molecule has 2 unspecified atom stereocenters. The first kappa shape index (κ1) is 16.3. The number of hydrogen-bond acceptors (Lipinski definition) is 4. The van der Waals surface area contributed by atoms with E-state index in [0.29, 0.717) is 32.0 Å². The van der Waals surface area contributed by atoms with E-state index in [1.54, 1.807) is 11.8 Å². The Balaban J connectivity index is 1.69. The molecular formula is C17H22N2O3S. The molecule has 1 aromatic carbocycles. The molecule has 124 valence electrons. The van der Waals surface area contributed by atoms with E-state index in [0.717, 1.165) is 22.9 Å². The molecular weight excluding hydrogens is 312 g/mol. The Hall–Kier alpha value is -1.53. The third kappa shape index (κ3) is 3.70. The molecule has 1 fully saturated rings. The maximum atomic E-state index is 12.7. The number of fused-ring (bicyclic) bond motifs is 1. The van der Waals surface area contributed by atoms with E-state index < -0.39 is 5.97 Å². The second-order valence-corrected chi connectivity index (χ2v) is 7.57. The van der Waals surface area contributed by atoms with Crippen molar-refractivity contribution in [3.8, 4) is 0 Å². The zero-order valence-electron chi connectivity index (χ0n) is 13.3. The number of hydrogen-bond donors (Lipinski definition) is 1. The monoisotopic (exact) mass is 334 g/mol. The summed E-state index contributed by atoms with van der Waals surface area (Å²) in [6, 6.07) is 7.97. The van der Waals surface area contributed by atoms with Crippen molar-refractivity contribution in [1.29, 1.82) is 0 Å². The molecule has 1 N–H and O–H groups in total. The predicted molar refractivity (Wildman–Crippen MR) is 90.9 cm³/mol. The van der Waals surface area contributed by atoms with Gasteiger partial charge in [0.05, 0.1) is 18.2 Å². The van der Waals surface area contributed by atoms with Gasteiger partial charge in [0.1, 0.15) is 0 Å². The summed E-state index contributed by atoms with van der Waals surface area (Å²) in [7, 11) is 0. The largest absolute Gasteiger partial charge is 0.481 e. The molecule has 0 radical (unpaired) electrons. The second-order valence-electron chi connectivity index (χ2n) is 6.43. The molecule has 0 spiro atoms. The highest BCUT2D eigenvalue weighted by atomic mass is 32.2. The van der Waals surface area contributed by atoms with E-state index >= 15 is 0 Å². The van der Waals surface area contributed by atoms with Gasteiger partial charge in [0.15, 0.2) is 0 Å². The van der Waals surface area contributed by atoms with E-state index in [4.69, 9.17) is 0 Å². The van der Waals surface area contributed by atoms with Crippen molar-refractivity contribution in [2.45, 2.75) is 18.2 Å². The first-order valence-corrected chi connectivity index (χ1v) is 9.00. The molecule has 2 heterocycles. The molecule has 0 aliphatic carbocycles. The number of piperidine rings is 1. The standard InChI is InChI=1S/C17H22N2O3S/c1-12-8-13(17(21)22)10-18(9-12)11-16(20)19-6-7-23-15-5-3-2-4-14(15)19/h2-5,12-13H,6-11H2,1H3,(H,21,22). The van der Waals surface area contributed by atoms with Gasteiger partial charge in [-0.05, 0) is 24.5 Å². The lowest BCUT2D eigenvalue weighted by Gasteiger charge is -2.36. The summed E-state index contributed by atoms with van der Waals surface area (Å²) >= 11 is 1.78. The quantitative estimate of drug-likeness (QED) is 0.918. The van der Waals surface area contributed by atoms with Gasteiger partial charge in [0.25, 0.3) is 0 Å². The van der Waals surface area contributed by atoms with Gasteiger partial charge in [-0.15, -0.1) is 11.8 Å². The summed E-state index contributed by atoms with van der Waals surface area (Å²) in [6.07, 6.45) is 0.698. The summed E-state index contributed by atoms with van der Waals surface area (Å²) in [5.74, 6) is 0.152. The zero-order valence-corrected chi connectivity index (χ0v) is 14.1. The average Bonchev–Trinajstić information content (AvgIpc) is 2.53. The van der Waals surface area contributed by atoms with Crippen LogP contribution in [0.25, 0.3) is 0 Å². The molecule has 0 saturated carbocycles. The van der Waals surface area contributed by atoms with Crippen LogP contribution in [0.5, 0.6) is 0 Å². The maximum Gasteiger partial charge on any atom is 0.307 e. The Morgan fingerprint density at radius 3 is 2.87 bits per heavy atom. The van der Waals surface area contributed by atoms with Crippen LogP contribution in [0, 0.1) is 11.8 Å². The van der Waals surface area contributed by atoms with Crippen molar-refractivity contribution < 1.29 is 14.7 Å². The van der Waals surface area contributed by atoms with Gasteiger partial charge in [0, 0.05) is 30.3 Å². The number of carboxylic acids is 1. The fourth-order valence-electron chi connectivity index (χ4n) is 3.48. The summed E-state index contributed by atoms with van der Waals surface area (Å²) in [4.78, 5) is 29.0. The number of nitrogens with zero attached hydrogens (tertiary/aromatic N) is 2. The minimum atomic E-state index is -0.756. The number of likely N-dealkylation sites (tertiary alicyclic amines) is 1. The molecule has 1 saturated heterocycles. The minimum Gasteiger partial charge on any atom is -0.481 e. The number of benzene rings is 1. The van der Waals surface area contributed by atoms with E-state index in [1.807, 2.05) is 34.1 Å². The van der Waals surface area contributed by atoms with Crippen LogP contribution in [-0.4, -0.2) is 53.8 Å². The second kappa shape index (κ2) is 6.93. The number of carbonyl (C=O) groups is 2. The van der Waals surface area contributed by atoms with Gasteiger partial charge >= 0.3 is 5.97 Å². The summed E-state index contributed by atoms with van der Waals surface area (Å²) in [6.45, 7) is 4.33. The van der Waals surface area contributed by atoms with Gasteiger partial charge in [-0.3, -0.25) is 14.5 Å². The zero-order chi connectivity index (χ0) is 16.4. The van der Waals surface area contributed by atoms with Crippen molar-refractivity contribution in [1.82, 2.24) is 4.90 Å². The van der Waals surface area contributed by atoms with Crippen LogP contribution in [0.2, 0.25) is 0 Å². The number of carboxylic acid groups (broad SMARTS) is 1. The Bertz CT molecular complexity index is 607. The molecule has 5 nitrogen and oxygen atoms in total. The molecule has 0 bridgehead atoms. The van der Waals surface area contributed by atoms with Crippen LogP contribution < -0.4 is 4.90 Å². The van der Waals surface area contributed by atoms with Gasteiger partial charge in [-0.1, -0.05) is 19.1 Å². The molecule has 2 atom stereocenters. The number of rotatable bonds is 3. The molecule has 0 aromatic heterocycles. The van der Waals surface area contributed by atoms with Gasteiger partial charge in [-0.25, -0.2) is 0 Å². The Morgan fingerprint density at radius 2 is 2.09 bits per heavy atom. The minimum absolute atomic E-state index is 0.0657. The maximum absolute atomic E-state index is 12.7. The summed E-state index contributed by atoms with van der Waals surface area (Å²) < 4.78 is 0. The van der Waals surface area contributed by atoms with Crippen LogP contribution in [0.3, 0.4) is 0 Å². The van der Waals surface area contributed by atoms with Crippen LogP contribution in [-0.2, 0) is 9.59 Å². The Kier molecular flexibility index (Phi) is 4.92. The normalized spacial score (nSPS) is 25.0. The summed E-state index contributed by atoms with van der Waals surface area (Å²) in [5.41, 5.74) is 0.980. The topological polar surface area (TPSA) is 60.9 Å². The number of anilines is 1. The summed E-state index contributed by atoms with van der Waals surface area (Å²) in [5, 5.41) is 9.26. The lowest BCUT2D eigenvalue weighted by molar-refractivity contribution is -0.145. The molecule has 2 aliphatic heterocycles. The van der Waals surface area contributed by atoms with Crippen LogP contribution in [0.4, 0.5) is 5.69 Å². The average molecular weight is 334 g/mol. The SMILES string of the molecule is CC1CC(C(=O)O)CN(CC(=O)N2CCSc3ccccc32)C1. The first-order valence-electron chi connectivity index (χ1n) is 8.02. The third-order valence-electron chi connectivity index (χ3n) is 4.47.